The second-order valence-corrected chi connectivity index (χ2v) is 19.7. The lowest BCUT2D eigenvalue weighted by Crippen LogP contribution is -2.60. The molecule has 0 amide bonds. The fraction of sp³-hybridized carbons (Fsp3) is 0.882. The third-order valence-corrected chi connectivity index (χ3v) is 12.8. The molecule has 0 aliphatic carbocycles. The molecule has 1 heterocycles. The molecule has 12 nitrogen and oxygen atoms in total. The summed E-state index contributed by atoms with van der Waals surface area (Å²) in [5.74, 6) is -1.97. The molecular weight excluding hydrogens is 837 g/mol. The molecule has 0 aromatic rings. The highest BCUT2D eigenvalue weighted by Crippen LogP contribution is 2.24. The molecule has 1 aliphatic heterocycles. The van der Waals surface area contributed by atoms with Gasteiger partial charge in [-0.2, -0.15) is 8.42 Å². The van der Waals surface area contributed by atoms with Gasteiger partial charge in [0.15, 0.2) is 12.4 Å². The molecule has 0 aromatic heterocycles. The van der Waals surface area contributed by atoms with Crippen LogP contribution >= 0.6 is 0 Å². The lowest BCUT2D eigenvalue weighted by atomic mass is 10.00. The number of rotatable bonds is 44. The van der Waals surface area contributed by atoms with Crippen LogP contribution in [0.3, 0.4) is 0 Å². The van der Waals surface area contributed by atoms with Crippen molar-refractivity contribution in [3.8, 4) is 0 Å². The molecule has 6 unspecified atom stereocenters. The zero-order valence-electron chi connectivity index (χ0n) is 40.4. The molecule has 1 rings (SSSR count). The maximum absolute atomic E-state index is 12.9. The van der Waals surface area contributed by atoms with Gasteiger partial charge in [-0.3, -0.25) is 14.1 Å². The normalized spacial score (nSPS) is 19.8. The average molecular weight is 931 g/mol. The van der Waals surface area contributed by atoms with Gasteiger partial charge >= 0.3 is 11.9 Å². The second-order valence-electron chi connectivity index (χ2n) is 18.2. The summed E-state index contributed by atoms with van der Waals surface area (Å²) in [5.41, 5.74) is 0. The summed E-state index contributed by atoms with van der Waals surface area (Å²) in [6, 6.07) is 0. The highest BCUT2D eigenvalue weighted by Gasteiger charge is 2.46. The van der Waals surface area contributed by atoms with E-state index >= 15 is 0 Å². The summed E-state index contributed by atoms with van der Waals surface area (Å²) in [7, 11) is -4.60. The van der Waals surface area contributed by atoms with Crippen LogP contribution in [0.2, 0.25) is 0 Å². The average Bonchev–Trinajstić information content (AvgIpc) is 3.26. The van der Waals surface area contributed by atoms with Gasteiger partial charge in [0, 0.05) is 12.8 Å². The van der Waals surface area contributed by atoms with Crippen LogP contribution in [-0.2, 0) is 38.7 Å². The van der Waals surface area contributed by atoms with Gasteiger partial charge < -0.3 is 34.3 Å². The zero-order valence-corrected chi connectivity index (χ0v) is 41.2. The van der Waals surface area contributed by atoms with Crippen LogP contribution in [-0.4, -0.2) is 96.0 Å². The summed E-state index contributed by atoms with van der Waals surface area (Å²) in [5, 5.41) is 31.0. The second kappa shape index (κ2) is 41.3. The minimum Gasteiger partial charge on any atom is -0.462 e. The Kier molecular flexibility index (Phi) is 38.8. The maximum atomic E-state index is 12.9. The van der Waals surface area contributed by atoms with Crippen LogP contribution in [0.1, 0.15) is 232 Å². The number of carbonyl (C=O) groups excluding carboxylic acids is 2. The van der Waals surface area contributed by atoms with E-state index in [1.165, 1.54) is 141 Å². The predicted molar refractivity (Wildman–Crippen MR) is 256 cm³/mol. The van der Waals surface area contributed by atoms with Gasteiger partial charge in [0.25, 0.3) is 10.1 Å². The fourth-order valence-corrected chi connectivity index (χ4v) is 8.69. The Morgan fingerprint density at radius 3 is 1.41 bits per heavy atom. The Morgan fingerprint density at radius 1 is 0.531 bits per heavy atom. The summed E-state index contributed by atoms with van der Waals surface area (Å²) in [6.07, 6.45) is 37.8. The van der Waals surface area contributed by atoms with Crippen LogP contribution in [0.5, 0.6) is 0 Å². The highest BCUT2D eigenvalue weighted by atomic mass is 32.2. The van der Waals surface area contributed by atoms with E-state index in [9.17, 15) is 37.9 Å². The fourth-order valence-electron chi connectivity index (χ4n) is 8.00. The van der Waals surface area contributed by atoms with Crippen molar-refractivity contribution >= 4 is 22.1 Å². The molecule has 0 saturated carbocycles. The first-order valence-electron chi connectivity index (χ1n) is 25.9. The van der Waals surface area contributed by atoms with Crippen molar-refractivity contribution in [1.29, 1.82) is 0 Å². The summed E-state index contributed by atoms with van der Waals surface area (Å²) in [4.78, 5) is 25.5. The van der Waals surface area contributed by atoms with Crippen molar-refractivity contribution in [2.75, 3.05) is 19.0 Å². The summed E-state index contributed by atoms with van der Waals surface area (Å²) in [6.45, 7) is 3.77. The summed E-state index contributed by atoms with van der Waals surface area (Å²) < 4.78 is 54.2. The topological polar surface area (TPSA) is 186 Å². The number of aliphatic hydroxyl groups excluding tert-OH is 3. The van der Waals surface area contributed by atoms with Crippen molar-refractivity contribution in [2.24, 2.45) is 0 Å². The SMILES string of the molecule is CCCCC/C=C\C/C=C\CCCCCCCCCCCC(=O)OC(COC(=O)CCCCCCCCCCCCCCCCCCC)COC1OC(CS(=O)(=O)O)C(O)C(O)C1O. The minimum absolute atomic E-state index is 0.162. The van der Waals surface area contributed by atoms with E-state index in [4.69, 9.17) is 18.9 Å². The van der Waals surface area contributed by atoms with Gasteiger partial charge in [-0.15, -0.1) is 0 Å². The molecule has 1 saturated heterocycles. The first kappa shape index (κ1) is 60.1. The number of hydrogen-bond donors (Lipinski definition) is 4. The Balaban J connectivity index is 2.37. The number of unbranched alkanes of at least 4 members (excludes halogenated alkanes) is 28. The minimum atomic E-state index is -4.60. The van der Waals surface area contributed by atoms with E-state index in [2.05, 4.69) is 38.2 Å². The molecule has 1 aliphatic rings. The van der Waals surface area contributed by atoms with Crippen LogP contribution < -0.4 is 0 Å². The summed E-state index contributed by atoms with van der Waals surface area (Å²) >= 11 is 0. The number of hydrogen-bond acceptors (Lipinski definition) is 11. The largest absolute Gasteiger partial charge is 0.462 e. The van der Waals surface area contributed by atoms with E-state index in [1.54, 1.807) is 0 Å². The van der Waals surface area contributed by atoms with E-state index < -0.39 is 71.2 Å². The molecule has 0 aromatic carbocycles. The molecule has 64 heavy (non-hydrogen) atoms. The number of esters is 2. The van der Waals surface area contributed by atoms with E-state index in [1.807, 2.05) is 0 Å². The number of aliphatic hydroxyl groups is 3. The van der Waals surface area contributed by atoms with E-state index in [0.717, 1.165) is 51.4 Å². The van der Waals surface area contributed by atoms with Crippen molar-refractivity contribution in [3.63, 3.8) is 0 Å². The van der Waals surface area contributed by atoms with Gasteiger partial charge in [0.1, 0.15) is 36.8 Å². The Labute approximate surface area is 389 Å². The van der Waals surface area contributed by atoms with Crippen LogP contribution in [0, 0.1) is 0 Å². The first-order valence-corrected chi connectivity index (χ1v) is 27.5. The molecular formula is C51H94O12S. The quantitative estimate of drug-likeness (QED) is 0.0196. The third kappa shape index (κ3) is 35.3. The van der Waals surface area contributed by atoms with Crippen molar-refractivity contribution in [2.45, 2.75) is 269 Å². The van der Waals surface area contributed by atoms with Gasteiger partial charge in [0.05, 0.1) is 6.61 Å². The Hall–Kier alpha value is -1.87. The lowest BCUT2D eigenvalue weighted by molar-refractivity contribution is -0.297. The lowest BCUT2D eigenvalue weighted by Gasteiger charge is -2.40. The standard InChI is InChI=1S/C51H94O12S/c1-3-5-7-9-11-13-15-17-19-21-22-24-26-28-30-32-34-36-38-40-47(53)62-44(42-61-51-50(56)49(55)48(54)45(63-51)43-64(57,58)59)41-60-46(52)39-37-35-33-31-29-27-25-23-20-18-16-14-12-10-8-6-4-2/h11,13,17,19,44-45,48-51,54-56H,3-10,12,14-16,18,20-43H2,1-2H3,(H,57,58,59)/b13-11-,19-17-. The maximum Gasteiger partial charge on any atom is 0.306 e. The molecule has 376 valence electrons. The van der Waals surface area contributed by atoms with Gasteiger partial charge in [-0.05, 0) is 44.9 Å². The third-order valence-electron chi connectivity index (χ3n) is 12.0. The van der Waals surface area contributed by atoms with Crippen LogP contribution in [0.4, 0.5) is 0 Å². The molecule has 0 radical (unpaired) electrons. The number of carbonyl (C=O) groups is 2. The monoisotopic (exact) mass is 931 g/mol. The van der Waals surface area contributed by atoms with Crippen molar-refractivity contribution in [3.05, 3.63) is 24.3 Å². The van der Waals surface area contributed by atoms with Gasteiger partial charge in [0.2, 0.25) is 0 Å². The smallest absolute Gasteiger partial charge is 0.306 e. The van der Waals surface area contributed by atoms with E-state index in [-0.39, 0.29) is 19.4 Å². The van der Waals surface area contributed by atoms with Crippen LogP contribution in [0.25, 0.3) is 0 Å². The Bertz CT molecular complexity index is 1270. The van der Waals surface area contributed by atoms with Crippen molar-refractivity contribution in [1.82, 2.24) is 0 Å². The van der Waals surface area contributed by atoms with Gasteiger partial charge in [-0.25, -0.2) is 0 Å². The number of ether oxygens (including phenoxy) is 4. The Morgan fingerprint density at radius 2 is 0.938 bits per heavy atom. The molecule has 4 N–H and O–H groups in total. The zero-order chi connectivity index (χ0) is 46.9. The molecule has 0 bridgehead atoms. The van der Waals surface area contributed by atoms with Crippen molar-refractivity contribution < 1.29 is 56.8 Å². The molecule has 13 heteroatoms. The molecule has 1 fully saturated rings. The van der Waals surface area contributed by atoms with Gasteiger partial charge in [-0.1, -0.05) is 199 Å². The molecule has 6 atom stereocenters. The predicted octanol–water partition coefficient (Wildman–Crippen LogP) is 11.6. The highest BCUT2D eigenvalue weighted by molar-refractivity contribution is 7.85. The first-order chi connectivity index (χ1) is 31.0. The number of allylic oxidation sites excluding steroid dienone is 4. The van der Waals surface area contributed by atoms with E-state index in [0.29, 0.717) is 12.8 Å². The van der Waals surface area contributed by atoms with Crippen LogP contribution in [0.15, 0.2) is 24.3 Å². The molecule has 0 spiro atoms.